The van der Waals surface area contributed by atoms with Gasteiger partial charge < -0.3 is 15.3 Å². The number of nitrogens with zero attached hydrogens (tertiary/aromatic N) is 2. The van der Waals surface area contributed by atoms with E-state index in [4.69, 9.17) is 0 Å². The molecular weight excluding hydrogens is 306 g/mol. The zero-order valence-electron chi connectivity index (χ0n) is 14.1. The van der Waals surface area contributed by atoms with Crippen LogP contribution in [0.25, 0.3) is 0 Å². The molecule has 1 atom stereocenters. The second-order valence-corrected chi connectivity index (χ2v) is 6.06. The molecule has 2 rings (SSSR count). The summed E-state index contributed by atoms with van der Waals surface area (Å²) in [4.78, 5) is 27.7. The minimum absolute atomic E-state index is 0.0216. The lowest BCUT2D eigenvalue weighted by Crippen LogP contribution is -2.50. The highest BCUT2D eigenvalue weighted by atomic mass is 16.3. The highest BCUT2D eigenvalue weighted by molar-refractivity contribution is 5.94. The van der Waals surface area contributed by atoms with Gasteiger partial charge in [0.2, 0.25) is 5.91 Å². The number of aliphatic hydroxyl groups excluding tert-OH is 1. The van der Waals surface area contributed by atoms with E-state index in [2.05, 4.69) is 16.8 Å². The number of piperazine rings is 1. The molecule has 1 saturated heterocycles. The van der Waals surface area contributed by atoms with E-state index in [0.717, 1.165) is 18.7 Å². The van der Waals surface area contributed by atoms with E-state index < -0.39 is 0 Å². The third-order valence-corrected chi connectivity index (χ3v) is 4.03. The van der Waals surface area contributed by atoms with Gasteiger partial charge in [-0.25, -0.2) is 0 Å². The van der Waals surface area contributed by atoms with Crippen molar-refractivity contribution in [3.63, 3.8) is 0 Å². The van der Waals surface area contributed by atoms with Crippen LogP contribution in [0.5, 0.6) is 0 Å². The summed E-state index contributed by atoms with van der Waals surface area (Å²) in [6.07, 6.45) is 0.885. The molecule has 1 fully saturated rings. The minimum Gasteiger partial charge on any atom is -0.392 e. The molecule has 1 aromatic rings. The van der Waals surface area contributed by atoms with Crippen molar-refractivity contribution in [1.82, 2.24) is 15.1 Å². The van der Waals surface area contributed by atoms with Gasteiger partial charge in [-0.15, -0.1) is 0 Å². The van der Waals surface area contributed by atoms with Gasteiger partial charge in [0.05, 0.1) is 6.10 Å². The Labute approximate surface area is 142 Å². The van der Waals surface area contributed by atoms with Crippen molar-refractivity contribution >= 4 is 11.8 Å². The molecule has 1 aromatic carbocycles. The molecule has 0 spiro atoms. The standard InChI is InChI=1S/C18H25N3O3/c1-3-17(23)19-12-15-4-6-16(7-5-15)18(24)21-10-8-20(9-11-21)13-14(2)22/h3-7,14,22H,1,8-13H2,2H3,(H,19,23)/t14-/m1/s1. The number of rotatable bonds is 6. The molecule has 0 aromatic heterocycles. The van der Waals surface area contributed by atoms with Gasteiger partial charge in [-0.2, -0.15) is 0 Å². The van der Waals surface area contributed by atoms with Crippen molar-refractivity contribution in [3.05, 3.63) is 48.0 Å². The third-order valence-electron chi connectivity index (χ3n) is 4.03. The van der Waals surface area contributed by atoms with E-state index in [1.165, 1.54) is 6.08 Å². The molecule has 0 aliphatic carbocycles. The molecule has 24 heavy (non-hydrogen) atoms. The van der Waals surface area contributed by atoms with Gasteiger partial charge in [0.25, 0.3) is 5.91 Å². The number of nitrogens with one attached hydrogen (secondary N) is 1. The Bertz CT molecular complexity index is 576. The summed E-state index contributed by atoms with van der Waals surface area (Å²) >= 11 is 0. The summed E-state index contributed by atoms with van der Waals surface area (Å²) < 4.78 is 0. The van der Waals surface area contributed by atoms with Crippen molar-refractivity contribution in [2.75, 3.05) is 32.7 Å². The lowest BCUT2D eigenvalue weighted by Gasteiger charge is -2.35. The van der Waals surface area contributed by atoms with Crippen LogP contribution in [0, 0.1) is 0 Å². The summed E-state index contributed by atoms with van der Waals surface area (Å²) in [5, 5.41) is 12.1. The lowest BCUT2D eigenvalue weighted by molar-refractivity contribution is -0.116. The molecule has 0 radical (unpaired) electrons. The molecule has 0 unspecified atom stereocenters. The predicted molar refractivity (Wildman–Crippen MR) is 92.5 cm³/mol. The molecule has 2 N–H and O–H groups in total. The summed E-state index contributed by atoms with van der Waals surface area (Å²) in [7, 11) is 0. The molecule has 2 amide bonds. The van der Waals surface area contributed by atoms with Gasteiger partial charge in [-0.1, -0.05) is 18.7 Å². The van der Waals surface area contributed by atoms with E-state index in [9.17, 15) is 14.7 Å². The summed E-state index contributed by atoms with van der Waals surface area (Å²) in [5.74, 6) is -0.196. The van der Waals surface area contributed by atoms with Crippen LogP contribution < -0.4 is 5.32 Å². The number of β-amino-alcohol motifs (C(OH)–C–C–N with tert-alkyl or cyclic N) is 1. The monoisotopic (exact) mass is 331 g/mol. The van der Waals surface area contributed by atoms with Crippen molar-refractivity contribution in [2.24, 2.45) is 0 Å². The Kier molecular flexibility index (Phi) is 6.52. The zero-order chi connectivity index (χ0) is 17.5. The van der Waals surface area contributed by atoms with Gasteiger partial charge in [-0.3, -0.25) is 14.5 Å². The molecule has 1 aliphatic rings. The van der Waals surface area contributed by atoms with Gasteiger partial charge in [0.1, 0.15) is 0 Å². The number of amides is 2. The van der Waals surface area contributed by atoms with E-state index >= 15 is 0 Å². The minimum atomic E-state index is -0.346. The Balaban J connectivity index is 1.86. The van der Waals surface area contributed by atoms with Gasteiger partial charge in [0.15, 0.2) is 0 Å². The Morgan fingerprint density at radius 1 is 1.25 bits per heavy atom. The molecule has 1 aliphatic heterocycles. The molecule has 1 heterocycles. The highest BCUT2D eigenvalue weighted by Gasteiger charge is 2.22. The fourth-order valence-corrected chi connectivity index (χ4v) is 2.72. The summed E-state index contributed by atoms with van der Waals surface area (Å²) in [5.41, 5.74) is 1.58. The van der Waals surface area contributed by atoms with Crippen molar-refractivity contribution in [3.8, 4) is 0 Å². The molecule has 130 valence electrons. The van der Waals surface area contributed by atoms with E-state index in [-0.39, 0.29) is 17.9 Å². The first-order valence-corrected chi connectivity index (χ1v) is 8.18. The van der Waals surface area contributed by atoms with Crippen LogP contribution in [0.3, 0.4) is 0 Å². The number of hydrogen-bond acceptors (Lipinski definition) is 4. The zero-order valence-corrected chi connectivity index (χ0v) is 14.1. The number of carbonyl (C=O) groups is 2. The maximum Gasteiger partial charge on any atom is 0.253 e. The first-order chi connectivity index (χ1) is 11.5. The Hall–Kier alpha value is -2.18. The highest BCUT2D eigenvalue weighted by Crippen LogP contribution is 2.11. The van der Waals surface area contributed by atoms with Crippen LogP contribution in [0.1, 0.15) is 22.8 Å². The van der Waals surface area contributed by atoms with Gasteiger partial charge >= 0.3 is 0 Å². The van der Waals surface area contributed by atoms with Crippen LogP contribution in [0.15, 0.2) is 36.9 Å². The Morgan fingerprint density at radius 3 is 2.42 bits per heavy atom. The van der Waals surface area contributed by atoms with E-state index in [1.54, 1.807) is 19.1 Å². The smallest absolute Gasteiger partial charge is 0.253 e. The summed E-state index contributed by atoms with van der Waals surface area (Å²) in [6.45, 7) is 9.14. The van der Waals surface area contributed by atoms with Crippen LogP contribution in [0.4, 0.5) is 0 Å². The van der Waals surface area contributed by atoms with Crippen molar-refractivity contribution in [2.45, 2.75) is 19.6 Å². The van der Waals surface area contributed by atoms with Crippen LogP contribution in [0.2, 0.25) is 0 Å². The second-order valence-electron chi connectivity index (χ2n) is 6.06. The van der Waals surface area contributed by atoms with E-state index in [0.29, 0.717) is 31.7 Å². The average molecular weight is 331 g/mol. The molecule has 6 nitrogen and oxygen atoms in total. The van der Waals surface area contributed by atoms with Crippen molar-refractivity contribution < 1.29 is 14.7 Å². The fourth-order valence-electron chi connectivity index (χ4n) is 2.72. The van der Waals surface area contributed by atoms with Gasteiger partial charge in [-0.05, 0) is 30.7 Å². The number of hydrogen-bond donors (Lipinski definition) is 2. The third kappa shape index (κ3) is 5.18. The maximum atomic E-state index is 12.5. The molecule has 0 saturated carbocycles. The maximum absolute atomic E-state index is 12.5. The summed E-state index contributed by atoms with van der Waals surface area (Å²) in [6, 6.07) is 7.28. The first-order valence-electron chi connectivity index (χ1n) is 8.18. The number of carbonyl (C=O) groups excluding carboxylic acids is 2. The molecule has 6 heteroatoms. The van der Waals surface area contributed by atoms with Crippen LogP contribution >= 0.6 is 0 Å². The predicted octanol–water partition coefficient (Wildman–Crippen LogP) is 0.627. The van der Waals surface area contributed by atoms with E-state index in [1.807, 2.05) is 17.0 Å². The second kappa shape index (κ2) is 8.61. The lowest BCUT2D eigenvalue weighted by atomic mass is 10.1. The number of aliphatic hydroxyl groups is 1. The fraction of sp³-hybridized carbons (Fsp3) is 0.444. The quantitative estimate of drug-likeness (QED) is 0.750. The molecular formula is C18H25N3O3. The molecule has 0 bridgehead atoms. The Morgan fingerprint density at radius 2 is 1.88 bits per heavy atom. The first kappa shape index (κ1) is 18.2. The van der Waals surface area contributed by atoms with Crippen LogP contribution in [-0.2, 0) is 11.3 Å². The topological polar surface area (TPSA) is 72.9 Å². The largest absolute Gasteiger partial charge is 0.392 e. The number of benzene rings is 1. The SMILES string of the molecule is C=CC(=O)NCc1ccc(C(=O)N2CCN(C[C@@H](C)O)CC2)cc1. The average Bonchev–Trinajstić information content (AvgIpc) is 2.59. The van der Waals surface area contributed by atoms with Crippen molar-refractivity contribution in [1.29, 1.82) is 0 Å². The normalized spacial score (nSPS) is 16.5. The van der Waals surface area contributed by atoms with Crippen LogP contribution in [-0.4, -0.2) is 65.5 Å². The van der Waals surface area contributed by atoms with Gasteiger partial charge in [0, 0.05) is 44.8 Å².